The summed E-state index contributed by atoms with van der Waals surface area (Å²) in [6.07, 6.45) is 0.870. The van der Waals surface area contributed by atoms with E-state index in [0.717, 1.165) is 12.1 Å². The minimum atomic E-state index is -1.49. The number of urea groups is 1. The second-order valence-corrected chi connectivity index (χ2v) is 7.87. The van der Waals surface area contributed by atoms with Gasteiger partial charge < -0.3 is 4.90 Å². The smallest absolute Gasteiger partial charge is 0.328 e. The number of hydrogen-bond acceptors (Lipinski definition) is 6. The number of nitrogens with one attached hydrogen (secondary N) is 2. The van der Waals surface area contributed by atoms with E-state index in [1.807, 2.05) is 11.8 Å². The molecule has 3 aliphatic heterocycles. The van der Waals surface area contributed by atoms with E-state index in [1.165, 1.54) is 12.1 Å². The molecule has 1 aromatic carbocycles. The van der Waals surface area contributed by atoms with E-state index in [-0.39, 0.29) is 18.0 Å². The van der Waals surface area contributed by atoms with Crippen LogP contribution in [0.5, 0.6) is 0 Å². The third-order valence-corrected chi connectivity index (χ3v) is 5.98. The van der Waals surface area contributed by atoms with E-state index in [4.69, 9.17) is 0 Å². The highest BCUT2D eigenvalue weighted by atomic mass is 16.6. The van der Waals surface area contributed by atoms with Gasteiger partial charge in [-0.1, -0.05) is 13.8 Å². The largest absolute Gasteiger partial charge is 0.366 e. The Morgan fingerprint density at radius 1 is 1.19 bits per heavy atom. The van der Waals surface area contributed by atoms with Crippen LogP contribution in [0.3, 0.4) is 0 Å². The molecular weight excluding hydrogens is 352 g/mol. The van der Waals surface area contributed by atoms with Crippen LogP contribution >= 0.6 is 0 Å². The van der Waals surface area contributed by atoms with Gasteiger partial charge in [-0.25, -0.2) is 4.79 Å². The number of imide groups is 2. The van der Waals surface area contributed by atoms with Crippen molar-refractivity contribution in [3.63, 3.8) is 0 Å². The molecule has 4 rings (SSSR count). The van der Waals surface area contributed by atoms with Gasteiger partial charge in [0, 0.05) is 30.8 Å². The number of nitro benzene ring substituents is 1. The molecule has 3 aliphatic rings. The predicted octanol–water partition coefficient (Wildman–Crippen LogP) is 1.35. The summed E-state index contributed by atoms with van der Waals surface area (Å²) >= 11 is 0. The number of fused-ring (bicyclic) bond motifs is 4. The molecular formula is C18H20N4O5. The maximum atomic E-state index is 12.9. The number of carbonyl (C=O) groups is 3. The number of carbonyl (C=O) groups excluding carboxylic acids is 3. The van der Waals surface area contributed by atoms with Gasteiger partial charge in [0.1, 0.15) is 0 Å². The van der Waals surface area contributed by atoms with Crippen molar-refractivity contribution in [3.8, 4) is 0 Å². The maximum Gasteiger partial charge on any atom is 0.328 e. The molecule has 2 fully saturated rings. The first-order valence-corrected chi connectivity index (χ1v) is 8.95. The highest BCUT2D eigenvalue weighted by molar-refractivity contribution is 6.20. The van der Waals surface area contributed by atoms with Crippen LogP contribution in [0.25, 0.3) is 0 Å². The molecule has 0 bridgehead atoms. The third kappa shape index (κ3) is 2.41. The number of anilines is 1. The minimum Gasteiger partial charge on any atom is -0.366 e. The van der Waals surface area contributed by atoms with E-state index < -0.39 is 34.2 Å². The van der Waals surface area contributed by atoms with Gasteiger partial charge >= 0.3 is 6.03 Å². The van der Waals surface area contributed by atoms with E-state index >= 15 is 0 Å². The molecule has 0 saturated carbocycles. The Bertz CT molecular complexity index is 863. The second kappa shape index (κ2) is 5.77. The van der Waals surface area contributed by atoms with Gasteiger partial charge in [0.25, 0.3) is 5.69 Å². The molecule has 0 aliphatic carbocycles. The fourth-order valence-electron chi connectivity index (χ4n) is 5.10. The number of nitrogens with zero attached hydrogens (tertiary/aromatic N) is 2. The van der Waals surface area contributed by atoms with Crippen molar-refractivity contribution in [2.24, 2.45) is 17.3 Å². The van der Waals surface area contributed by atoms with E-state index in [9.17, 15) is 24.5 Å². The van der Waals surface area contributed by atoms with Gasteiger partial charge in [-0.15, -0.1) is 0 Å². The molecule has 2 N–H and O–H groups in total. The number of hydrogen-bond donors (Lipinski definition) is 2. The van der Waals surface area contributed by atoms with Crippen molar-refractivity contribution in [2.45, 2.75) is 32.7 Å². The van der Waals surface area contributed by atoms with Gasteiger partial charge in [0.2, 0.25) is 11.8 Å². The summed E-state index contributed by atoms with van der Waals surface area (Å²) in [6, 6.07) is 3.32. The number of barbiturate groups is 1. The van der Waals surface area contributed by atoms with Crippen LogP contribution < -0.4 is 15.5 Å². The Balaban J connectivity index is 1.92. The molecule has 9 heteroatoms. The van der Waals surface area contributed by atoms with Crippen molar-refractivity contribution in [1.82, 2.24) is 10.6 Å². The second-order valence-electron chi connectivity index (χ2n) is 7.87. The first-order chi connectivity index (χ1) is 12.7. The summed E-state index contributed by atoms with van der Waals surface area (Å²) in [4.78, 5) is 50.3. The lowest BCUT2D eigenvalue weighted by molar-refractivity contribution is -0.384. The Kier molecular flexibility index (Phi) is 3.72. The fraction of sp³-hybridized carbons (Fsp3) is 0.500. The number of benzene rings is 1. The normalized spacial score (nSPS) is 28.9. The standard InChI is InChI=1S/C18H20N4O5/c1-9-5-10(2)14-18(15(23)19-17(25)20-16(18)24)7-11-6-12(22(26)27)3-4-13(11)21(14)8-9/h3-4,6,9-10,14H,5,7-8H2,1-2H3,(H2,19,20,23,24,25). The zero-order valence-electron chi connectivity index (χ0n) is 15.0. The number of non-ortho nitro benzene ring substituents is 1. The van der Waals surface area contributed by atoms with Crippen molar-refractivity contribution in [3.05, 3.63) is 33.9 Å². The lowest BCUT2D eigenvalue weighted by Gasteiger charge is -2.55. The molecule has 142 valence electrons. The van der Waals surface area contributed by atoms with Crippen LogP contribution in [-0.2, 0) is 16.0 Å². The average Bonchev–Trinajstić information content (AvgIpc) is 2.58. The number of amides is 4. The number of piperidine rings is 1. The van der Waals surface area contributed by atoms with Crippen LogP contribution in [0.1, 0.15) is 25.8 Å². The van der Waals surface area contributed by atoms with Gasteiger partial charge in [-0.05, 0) is 29.9 Å². The Labute approximate surface area is 155 Å². The van der Waals surface area contributed by atoms with Gasteiger partial charge in [0.05, 0.1) is 11.0 Å². The zero-order chi connectivity index (χ0) is 19.5. The molecule has 27 heavy (non-hydrogen) atoms. The maximum absolute atomic E-state index is 12.9. The first-order valence-electron chi connectivity index (χ1n) is 8.95. The number of rotatable bonds is 1. The Hall–Kier alpha value is -2.97. The summed E-state index contributed by atoms with van der Waals surface area (Å²) in [7, 11) is 0. The lowest BCUT2D eigenvalue weighted by Crippen LogP contribution is -2.73. The molecule has 3 atom stereocenters. The summed E-state index contributed by atoms with van der Waals surface area (Å²) in [5.74, 6) is -0.901. The first kappa shape index (κ1) is 17.4. The van der Waals surface area contributed by atoms with Crippen molar-refractivity contribution in [1.29, 1.82) is 0 Å². The highest BCUT2D eigenvalue weighted by Gasteiger charge is 2.62. The predicted molar refractivity (Wildman–Crippen MR) is 95.0 cm³/mol. The lowest BCUT2D eigenvalue weighted by atomic mass is 9.62. The van der Waals surface area contributed by atoms with Crippen LogP contribution in [0.15, 0.2) is 18.2 Å². The van der Waals surface area contributed by atoms with E-state index in [2.05, 4.69) is 17.6 Å². The average molecular weight is 372 g/mol. The quantitative estimate of drug-likeness (QED) is 0.436. The Morgan fingerprint density at radius 3 is 2.48 bits per heavy atom. The molecule has 9 nitrogen and oxygen atoms in total. The summed E-state index contributed by atoms with van der Waals surface area (Å²) in [5, 5.41) is 15.7. The van der Waals surface area contributed by atoms with Crippen LogP contribution in [0.2, 0.25) is 0 Å². The Morgan fingerprint density at radius 2 is 1.85 bits per heavy atom. The van der Waals surface area contributed by atoms with Crippen LogP contribution in [0.4, 0.5) is 16.2 Å². The zero-order valence-corrected chi connectivity index (χ0v) is 15.0. The highest BCUT2D eigenvalue weighted by Crippen LogP contribution is 2.49. The van der Waals surface area contributed by atoms with Crippen molar-refractivity contribution in [2.75, 3.05) is 11.4 Å². The fourth-order valence-corrected chi connectivity index (χ4v) is 5.10. The summed E-state index contributed by atoms with van der Waals surface area (Å²) in [5.41, 5.74) is -0.197. The summed E-state index contributed by atoms with van der Waals surface area (Å²) in [6.45, 7) is 4.74. The van der Waals surface area contributed by atoms with Crippen LogP contribution in [-0.4, -0.2) is 35.4 Å². The molecule has 1 aromatic rings. The topological polar surface area (TPSA) is 122 Å². The van der Waals surface area contributed by atoms with Crippen molar-refractivity contribution >= 4 is 29.2 Å². The monoisotopic (exact) mass is 372 g/mol. The summed E-state index contributed by atoms with van der Waals surface area (Å²) < 4.78 is 0. The molecule has 2 saturated heterocycles. The van der Waals surface area contributed by atoms with Gasteiger partial charge in [-0.2, -0.15) is 0 Å². The number of nitro groups is 1. The molecule has 0 radical (unpaired) electrons. The molecule has 3 heterocycles. The molecule has 3 unspecified atom stereocenters. The third-order valence-electron chi connectivity index (χ3n) is 5.98. The minimum absolute atomic E-state index is 0.0227. The van der Waals surface area contributed by atoms with Crippen molar-refractivity contribution < 1.29 is 19.3 Å². The van der Waals surface area contributed by atoms with Gasteiger partial charge in [-0.3, -0.25) is 30.3 Å². The SMILES string of the molecule is CC1CC(C)C2N(C1)c1ccc([N+](=O)[O-])cc1CC21C(=O)NC(=O)NC1=O. The van der Waals surface area contributed by atoms with E-state index in [1.54, 1.807) is 6.07 Å². The molecule has 1 spiro atoms. The molecule has 4 amide bonds. The van der Waals surface area contributed by atoms with E-state index in [0.29, 0.717) is 18.0 Å². The van der Waals surface area contributed by atoms with Gasteiger partial charge in [0.15, 0.2) is 5.41 Å². The van der Waals surface area contributed by atoms with Crippen LogP contribution in [0, 0.1) is 27.4 Å². The molecule has 0 aromatic heterocycles.